The van der Waals surface area contributed by atoms with Crippen molar-refractivity contribution in [3.63, 3.8) is 0 Å². The van der Waals surface area contributed by atoms with E-state index in [-0.39, 0.29) is 60.3 Å². The van der Waals surface area contributed by atoms with Crippen molar-refractivity contribution >= 4 is 11.4 Å². The third kappa shape index (κ3) is 6.20. The average Bonchev–Trinajstić information content (AvgIpc) is 3.02. The van der Waals surface area contributed by atoms with Crippen LogP contribution in [0, 0.1) is 27.7 Å². The second-order valence-electron chi connectivity index (χ2n) is 12.9. The van der Waals surface area contributed by atoms with Crippen LogP contribution in [0.5, 0.6) is 11.5 Å². The quantitative estimate of drug-likeness (QED) is 0.185. The number of nitrogens with zero attached hydrogens (tertiary/aromatic N) is 2. The van der Waals surface area contributed by atoms with E-state index in [9.17, 15) is 17.6 Å². The normalized spacial score (nSPS) is 15.1. The summed E-state index contributed by atoms with van der Waals surface area (Å²) < 4.78 is 157. The maximum absolute atomic E-state index is 15.3. The summed E-state index contributed by atoms with van der Waals surface area (Å²) in [6.45, 7) is 5.80. The molecule has 0 atom stereocenters. The maximum Gasteiger partial charge on any atom is 0.411 e. The van der Waals surface area contributed by atoms with Crippen molar-refractivity contribution in [3.8, 4) is 11.5 Å². The summed E-state index contributed by atoms with van der Waals surface area (Å²) in [5, 5.41) is 0. The van der Waals surface area contributed by atoms with E-state index in [1.807, 2.05) is 0 Å². The van der Waals surface area contributed by atoms with E-state index in [4.69, 9.17) is 9.47 Å². The molecule has 0 amide bonds. The SMILES string of the molecule is Cc1cc(C(F)F)cc(C)c1N1COc2ccc(C(c3ccc4c(c3)CN(c3c(C)cc(C(F)F)cc3C)CO4)(C(F)(F)F)C(F)(F)F)cc2C1. The molecule has 0 saturated carbocycles. The predicted molar refractivity (Wildman–Crippen MR) is 171 cm³/mol. The highest BCUT2D eigenvalue weighted by Crippen LogP contribution is 2.57. The van der Waals surface area contributed by atoms with Crippen molar-refractivity contribution in [2.45, 2.75) is 71.4 Å². The molecule has 0 spiro atoms. The van der Waals surface area contributed by atoms with Gasteiger partial charge in [0.05, 0.1) is 0 Å². The van der Waals surface area contributed by atoms with E-state index >= 15 is 26.3 Å². The zero-order valence-electron chi connectivity index (χ0n) is 27.7. The second kappa shape index (κ2) is 12.9. The number of halogens is 10. The lowest BCUT2D eigenvalue weighted by Crippen LogP contribution is -2.55. The summed E-state index contributed by atoms with van der Waals surface area (Å²) in [5.74, 6) is 0.177. The van der Waals surface area contributed by atoms with Crippen molar-refractivity contribution < 1.29 is 53.4 Å². The van der Waals surface area contributed by atoms with Crippen LogP contribution < -0.4 is 19.3 Å². The molecule has 2 aliphatic rings. The zero-order chi connectivity index (χ0) is 37.2. The first-order chi connectivity index (χ1) is 23.8. The van der Waals surface area contributed by atoms with Gasteiger partial charge < -0.3 is 19.3 Å². The molecule has 0 aliphatic carbocycles. The molecule has 6 rings (SSSR count). The smallest absolute Gasteiger partial charge is 0.411 e. The Kier molecular flexibility index (Phi) is 9.12. The highest BCUT2D eigenvalue weighted by atomic mass is 19.4. The van der Waals surface area contributed by atoms with Crippen LogP contribution in [-0.4, -0.2) is 25.8 Å². The molecule has 4 aromatic carbocycles. The number of aryl methyl sites for hydroxylation is 4. The molecule has 4 aromatic rings. The second-order valence-corrected chi connectivity index (χ2v) is 12.9. The molecule has 2 heterocycles. The minimum atomic E-state index is -5.88. The Balaban J connectivity index is 1.43. The van der Waals surface area contributed by atoms with Gasteiger partial charge in [-0.1, -0.05) is 12.1 Å². The third-order valence-electron chi connectivity index (χ3n) is 9.47. The van der Waals surface area contributed by atoms with Gasteiger partial charge in [0.15, 0.2) is 13.5 Å². The van der Waals surface area contributed by atoms with Crippen LogP contribution in [0.1, 0.15) is 68.5 Å². The molecule has 4 nitrogen and oxygen atoms in total. The highest BCUT2D eigenvalue weighted by molar-refractivity contribution is 5.64. The number of ether oxygens (including phenoxy) is 2. The van der Waals surface area contributed by atoms with Crippen LogP contribution in [0.25, 0.3) is 0 Å². The van der Waals surface area contributed by atoms with E-state index in [0.717, 1.165) is 36.4 Å². The van der Waals surface area contributed by atoms with E-state index in [0.29, 0.717) is 33.6 Å². The number of fused-ring (bicyclic) bond motifs is 2. The maximum atomic E-state index is 15.3. The lowest BCUT2D eigenvalue weighted by Gasteiger charge is -2.40. The molecular formula is C37H32F10N2O2. The number of hydrogen-bond donors (Lipinski definition) is 0. The van der Waals surface area contributed by atoms with Gasteiger partial charge >= 0.3 is 12.4 Å². The molecule has 14 heteroatoms. The van der Waals surface area contributed by atoms with Gasteiger partial charge in [0.2, 0.25) is 5.41 Å². The Morgan fingerprint density at radius 2 is 0.863 bits per heavy atom. The van der Waals surface area contributed by atoms with Crippen LogP contribution in [0.15, 0.2) is 60.7 Å². The molecule has 0 N–H and O–H groups in total. The van der Waals surface area contributed by atoms with Gasteiger partial charge in [-0.15, -0.1) is 0 Å². The first-order valence-corrected chi connectivity index (χ1v) is 15.8. The molecule has 0 saturated heterocycles. The fraction of sp³-hybridized carbons (Fsp3) is 0.351. The van der Waals surface area contributed by atoms with Gasteiger partial charge in [0, 0.05) is 46.7 Å². The Bertz CT molecular complexity index is 1790. The van der Waals surface area contributed by atoms with E-state index in [2.05, 4.69) is 0 Å². The molecule has 0 radical (unpaired) electrons. The standard InChI is InChI=1S/C37H32F10N2O2/c1-19-9-23(33(38)39)10-20(2)31(19)48-15-25-13-27(5-7-29(25)50-17-48)35(36(42,43)44,37(45,46)47)28-6-8-30-26(14-28)16-49(18-51-30)32-21(3)11-24(34(40)41)12-22(32)4/h5-14,33-34H,15-18H2,1-4H3. The van der Waals surface area contributed by atoms with Crippen molar-refractivity contribution in [3.05, 3.63) is 116 Å². The monoisotopic (exact) mass is 726 g/mol. The molecule has 0 unspecified atom stereocenters. The van der Waals surface area contributed by atoms with Gasteiger partial charge in [-0.3, -0.25) is 0 Å². The molecule has 2 aliphatic heterocycles. The van der Waals surface area contributed by atoms with Crippen LogP contribution in [0.3, 0.4) is 0 Å². The Hall–Kier alpha value is -4.62. The van der Waals surface area contributed by atoms with E-state index in [1.54, 1.807) is 37.5 Å². The summed E-state index contributed by atoms with van der Waals surface area (Å²) in [6.07, 6.45) is -17.2. The zero-order valence-corrected chi connectivity index (χ0v) is 27.7. The van der Waals surface area contributed by atoms with Gasteiger partial charge in [0.25, 0.3) is 12.9 Å². The lowest BCUT2D eigenvalue weighted by molar-refractivity contribution is -0.288. The fourth-order valence-corrected chi connectivity index (χ4v) is 7.45. The Labute approximate surface area is 287 Å². The summed E-state index contributed by atoms with van der Waals surface area (Å²) in [5.41, 5.74) is -4.31. The molecule has 0 aromatic heterocycles. The first-order valence-electron chi connectivity index (χ1n) is 15.8. The van der Waals surface area contributed by atoms with Gasteiger partial charge in [-0.25, -0.2) is 17.6 Å². The number of rotatable bonds is 6. The molecular weight excluding hydrogens is 694 g/mol. The number of anilines is 2. The lowest BCUT2D eigenvalue weighted by atomic mass is 9.72. The van der Waals surface area contributed by atoms with Gasteiger partial charge in [0.1, 0.15) is 11.5 Å². The van der Waals surface area contributed by atoms with Gasteiger partial charge in [-0.2, -0.15) is 26.3 Å². The summed E-state index contributed by atoms with van der Waals surface area (Å²) in [6, 6.07) is 10.4. The van der Waals surface area contributed by atoms with Crippen LogP contribution in [0.4, 0.5) is 55.3 Å². The minimum Gasteiger partial charge on any atom is -0.473 e. The largest absolute Gasteiger partial charge is 0.473 e. The number of alkyl halides is 10. The third-order valence-corrected chi connectivity index (χ3v) is 9.47. The van der Waals surface area contributed by atoms with Crippen molar-refractivity contribution in [1.29, 1.82) is 0 Å². The topological polar surface area (TPSA) is 24.9 Å². The van der Waals surface area contributed by atoms with Crippen LogP contribution >= 0.6 is 0 Å². The average molecular weight is 727 g/mol. The Morgan fingerprint density at radius 1 is 0.529 bits per heavy atom. The molecule has 51 heavy (non-hydrogen) atoms. The number of benzene rings is 4. The summed E-state index contributed by atoms with van der Waals surface area (Å²) in [4.78, 5) is 3.13. The first kappa shape index (κ1) is 36.2. The molecule has 0 bridgehead atoms. The molecule has 272 valence electrons. The fourth-order valence-electron chi connectivity index (χ4n) is 7.45. The van der Waals surface area contributed by atoms with E-state index < -0.39 is 41.7 Å². The van der Waals surface area contributed by atoms with Crippen molar-refractivity contribution in [2.24, 2.45) is 0 Å². The highest BCUT2D eigenvalue weighted by Gasteiger charge is 2.72. The Morgan fingerprint density at radius 3 is 1.16 bits per heavy atom. The summed E-state index contributed by atoms with van der Waals surface area (Å²) >= 11 is 0. The van der Waals surface area contributed by atoms with E-state index in [1.165, 1.54) is 24.3 Å². The minimum absolute atomic E-state index is 0.0408. The van der Waals surface area contributed by atoms with Crippen molar-refractivity contribution in [2.75, 3.05) is 23.3 Å². The van der Waals surface area contributed by atoms with Crippen LogP contribution in [0.2, 0.25) is 0 Å². The molecule has 0 fully saturated rings. The summed E-state index contributed by atoms with van der Waals surface area (Å²) in [7, 11) is 0. The van der Waals surface area contributed by atoms with Gasteiger partial charge in [-0.05, 0) is 110 Å². The number of hydrogen-bond acceptors (Lipinski definition) is 4. The predicted octanol–water partition coefficient (Wildman–Crippen LogP) is 10.9. The van der Waals surface area contributed by atoms with Crippen molar-refractivity contribution in [1.82, 2.24) is 0 Å². The van der Waals surface area contributed by atoms with Crippen LogP contribution in [-0.2, 0) is 18.5 Å².